The Balaban J connectivity index is 2.03. The lowest BCUT2D eigenvalue weighted by atomic mass is 10.1. The SMILES string of the molecule is COc1cccc(CC(=O)Nc2ccccc2I)c1. The van der Waals surface area contributed by atoms with Gasteiger partial charge in [0.15, 0.2) is 0 Å². The molecule has 0 aromatic heterocycles. The largest absolute Gasteiger partial charge is 0.497 e. The Bertz CT molecular complexity index is 584. The molecule has 98 valence electrons. The van der Waals surface area contributed by atoms with Crippen LogP contribution in [0.15, 0.2) is 48.5 Å². The van der Waals surface area contributed by atoms with Gasteiger partial charge in [-0.2, -0.15) is 0 Å². The molecule has 0 spiro atoms. The van der Waals surface area contributed by atoms with E-state index in [1.807, 2.05) is 48.5 Å². The smallest absolute Gasteiger partial charge is 0.228 e. The molecule has 0 atom stereocenters. The highest BCUT2D eigenvalue weighted by Gasteiger charge is 2.06. The molecule has 1 N–H and O–H groups in total. The molecule has 0 heterocycles. The van der Waals surface area contributed by atoms with Gasteiger partial charge in [0, 0.05) is 3.57 Å². The molecule has 0 saturated carbocycles. The number of nitrogens with one attached hydrogen (secondary N) is 1. The molecule has 0 aliphatic heterocycles. The molecule has 0 radical (unpaired) electrons. The van der Waals surface area contributed by atoms with E-state index in [1.165, 1.54) is 0 Å². The van der Waals surface area contributed by atoms with Crippen LogP contribution in [-0.2, 0) is 11.2 Å². The fraction of sp³-hybridized carbons (Fsp3) is 0.133. The van der Waals surface area contributed by atoms with Gasteiger partial charge < -0.3 is 10.1 Å². The maximum Gasteiger partial charge on any atom is 0.228 e. The average molecular weight is 367 g/mol. The van der Waals surface area contributed by atoms with Crippen LogP contribution >= 0.6 is 22.6 Å². The summed E-state index contributed by atoms with van der Waals surface area (Å²) < 4.78 is 6.17. The summed E-state index contributed by atoms with van der Waals surface area (Å²) in [7, 11) is 1.62. The number of para-hydroxylation sites is 1. The fourth-order valence-electron chi connectivity index (χ4n) is 1.72. The number of rotatable bonds is 4. The minimum Gasteiger partial charge on any atom is -0.497 e. The van der Waals surface area contributed by atoms with E-state index in [0.29, 0.717) is 6.42 Å². The van der Waals surface area contributed by atoms with Gasteiger partial charge in [-0.1, -0.05) is 24.3 Å². The van der Waals surface area contributed by atoms with Crippen molar-refractivity contribution in [1.29, 1.82) is 0 Å². The summed E-state index contributed by atoms with van der Waals surface area (Å²) in [5.74, 6) is 0.733. The molecule has 4 heteroatoms. The van der Waals surface area contributed by atoms with E-state index in [4.69, 9.17) is 4.74 Å². The molecule has 1 amide bonds. The van der Waals surface area contributed by atoms with Gasteiger partial charge in [0.05, 0.1) is 19.2 Å². The number of hydrogen-bond acceptors (Lipinski definition) is 2. The molecule has 2 aromatic carbocycles. The molecule has 19 heavy (non-hydrogen) atoms. The van der Waals surface area contributed by atoms with Crippen LogP contribution in [0.4, 0.5) is 5.69 Å². The number of ether oxygens (including phenoxy) is 1. The van der Waals surface area contributed by atoms with Crippen LogP contribution in [0.25, 0.3) is 0 Å². The minimum atomic E-state index is -0.0302. The Morgan fingerprint density at radius 1 is 1.21 bits per heavy atom. The molecule has 2 rings (SSSR count). The van der Waals surface area contributed by atoms with Crippen molar-refractivity contribution in [2.45, 2.75) is 6.42 Å². The molecule has 0 fully saturated rings. The van der Waals surface area contributed by atoms with Crippen molar-refractivity contribution < 1.29 is 9.53 Å². The second-order valence-corrected chi connectivity index (χ2v) is 5.22. The Morgan fingerprint density at radius 3 is 2.74 bits per heavy atom. The maximum absolute atomic E-state index is 12.0. The van der Waals surface area contributed by atoms with Crippen LogP contribution in [0.2, 0.25) is 0 Å². The van der Waals surface area contributed by atoms with E-state index in [2.05, 4.69) is 27.9 Å². The van der Waals surface area contributed by atoms with Gasteiger partial charge in [0.25, 0.3) is 0 Å². The summed E-state index contributed by atoms with van der Waals surface area (Å²) in [6, 6.07) is 15.2. The molecular weight excluding hydrogens is 353 g/mol. The molecule has 0 aliphatic carbocycles. The standard InChI is InChI=1S/C15H14INO2/c1-19-12-6-4-5-11(9-12)10-15(18)17-14-8-3-2-7-13(14)16/h2-9H,10H2,1H3,(H,17,18). The van der Waals surface area contributed by atoms with Gasteiger partial charge >= 0.3 is 0 Å². The highest BCUT2D eigenvalue weighted by Crippen LogP contribution is 2.18. The maximum atomic E-state index is 12.0. The quantitative estimate of drug-likeness (QED) is 0.841. The number of benzene rings is 2. The fourth-order valence-corrected chi connectivity index (χ4v) is 2.25. The van der Waals surface area contributed by atoms with Crippen LogP contribution in [0, 0.1) is 3.57 Å². The number of methoxy groups -OCH3 is 1. The van der Waals surface area contributed by atoms with Crippen molar-refractivity contribution in [3.63, 3.8) is 0 Å². The molecule has 0 bridgehead atoms. The summed E-state index contributed by atoms with van der Waals surface area (Å²) in [6.45, 7) is 0. The van der Waals surface area contributed by atoms with E-state index in [-0.39, 0.29) is 5.91 Å². The summed E-state index contributed by atoms with van der Waals surface area (Å²) in [5.41, 5.74) is 1.78. The third-order valence-corrected chi connectivity index (χ3v) is 3.59. The lowest BCUT2D eigenvalue weighted by Crippen LogP contribution is -2.15. The number of amides is 1. The van der Waals surface area contributed by atoms with Gasteiger partial charge in [-0.05, 0) is 52.4 Å². The molecule has 3 nitrogen and oxygen atoms in total. The number of halogens is 1. The zero-order valence-corrected chi connectivity index (χ0v) is 12.7. The molecule has 0 unspecified atom stereocenters. The van der Waals surface area contributed by atoms with Crippen molar-refractivity contribution >= 4 is 34.2 Å². The van der Waals surface area contributed by atoms with Crippen molar-refractivity contribution in [3.05, 3.63) is 57.7 Å². The third kappa shape index (κ3) is 3.96. The van der Waals surface area contributed by atoms with E-state index in [0.717, 1.165) is 20.6 Å². The van der Waals surface area contributed by atoms with Crippen LogP contribution in [-0.4, -0.2) is 13.0 Å². The first-order chi connectivity index (χ1) is 9.19. The Hall–Kier alpha value is -1.56. The van der Waals surface area contributed by atoms with Crippen molar-refractivity contribution in [3.8, 4) is 5.75 Å². The third-order valence-electron chi connectivity index (χ3n) is 2.65. The normalized spacial score (nSPS) is 10.0. The number of carbonyl (C=O) groups excluding carboxylic acids is 1. The van der Waals surface area contributed by atoms with Crippen molar-refractivity contribution in [2.24, 2.45) is 0 Å². The number of hydrogen-bond donors (Lipinski definition) is 1. The molecular formula is C15H14INO2. The van der Waals surface area contributed by atoms with Crippen LogP contribution in [0.5, 0.6) is 5.75 Å². The second kappa shape index (κ2) is 6.56. The van der Waals surface area contributed by atoms with Gasteiger partial charge in [0.2, 0.25) is 5.91 Å². The average Bonchev–Trinajstić information content (AvgIpc) is 2.41. The summed E-state index contributed by atoms with van der Waals surface area (Å²) in [4.78, 5) is 12.0. The van der Waals surface area contributed by atoms with Crippen molar-refractivity contribution in [2.75, 3.05) is 12.4 Å². The van der Waals surface area contributed by atoms with E-state index >= 15 is 0 Å². The van der Waals surface area contributed by atoms with E-state index in [1.54, 1.807) is 7.11 Å². The summed E-state index contributed by atoms with van der Waals surface area (Å²) in [5, 5.41) is 2.91. The lowest BCUT2D eigenvalue weighted by molar-refractivity contribution is -0.115. The predicted octanol–water partition coefficient (Wildman–Crippen LogP) is 3.48. The monoisotopic (exact) mass is 367 g/mol. The first-order valence-corrected chi connectivity index (χ1v) is 6.94. The minimum absolute atomic E-state index is 0.0302. The van der Waals surface area contributed by atoms with Crippen molar-refractivity contribution in [1.82, 2.24) is 0 Å². The van der Waals surface area contributed by atoms with Crippen LogP contribution in [0.3, 0.4) is 0 Å². The lowest BCUT2D eigenvalue weighted by Gasteiger charge is -2.08. The number of anilines is 1. The second-order valence-electron chi connectivity index (χ2n) is 4.06. The Labute approximate surface area is 126 Å². The van der Waals surface area contributed by atoms with E-state index in [9.17, 15) is 4.79 Å². The molecule has 0 aliphatic rings. The van der Waals surface area contributed by atoms with Gasteiger partial charge in [-0.15, -0.1) is 0 Å². The molecule has 2 aromatic rings. The zero-order valence-electron chi connectivity index (χ0n) is 10.5. The first kappa shape index (κ1) is 13.9. The molecule has 0 saturated heterocycles. The summed E-state index contributed by atoms with van der Waals surface area (Å²) in [6.07, 6.45) is 0.335. The van der Waals surface area contributed by atoms with Crippen LogP contribution < -0.4 is 10.1 Å². The Kier molecular flexibility index (Phi) is 4.79. The van der Waals surface area contributed by atoms with Gasteiger partial charge in [0.1, 0.15) is 5.75 Å². The van der Waals surface area contributed by atoms with Gasteiger partial charge in [-0.25, -0.2) is 0 Å². The predicted molar refractivity (Wildman–Crippen MR) is 84.5 cm³/mol. The first-order valence-electron chi connectivity index (χ1n) is 5.86. The highest BCUT2D eigenvalue weighted by atomic mass is 127. The summed E-state index contributed by atoms with van der Waals surface area (Å²) >= 11 is 2.20. The van der Waals surface area contributed by atoms with E-state index < -0.39 is 0 Å². The van der Waals surface area contributed by atoms with Gasteiger partial charge in [-0.3, -0.25) is 4.79 Å². The van der Waals surface area contributed by atoms with Crippen LogP contribution in [0.1, 0.15) is 5.56 Å². The zero-order chi connectivity index (χ0) is 13.7. The number of carbonyl (C=O) groups is 1. The Morgan fingerprint density at radius 2 is 2.00 bits per heavy atom. The highest BCUT2D eigenvalue weighted by molar-refractivity contribution is 14.1. The topological polar surface area (TPSA) is 38.3 Å².